The van der Waals surface area contributed by atoms with Gasteiger partial charge >= 0.3 is 16.1 Å². The molecule has 0 unspecified atom stereocenters. The number of carbonyl (C=O) groups excluding carboxylic acids is 1. The maximum absolute atomic E-state index is 16.2. The number of anilines is 1. The van der Waals surface area contributed by atoms with Gasteiger partial charge in [-0.15, -0.1) is 0 Å². The Balaban J connectivity index is 1.23. The molecule has 0 aliphatic carbocycles. The smallest absolute Gasteiger partial charge is 0.359 e. The molecule has 0 amide bonds. The van der Waals surface area contributed by atoms with Crippen molar-refractivity contribution in [1.29, 1.82) is 0 Å². The van der Waals surface area contributed by atoms with Crippen molar-refractivity contribution in [3.8, 4) is 17.1 Å². The molecule has 1 aliphatic heterocycles. The number of benzene rings is 3. The van der Waals surface area contributed by atoms with Gasteiger partial charge in [0.25, 0.3) is 5.56 Å². The number of pyridine rings is 2. The van der Waals surface area contributed by atoms with Gasteiger partial charge in [0, 0.05) is 30.9 Å². The molecule has 1 atom stereocenters. The molecule has 7 rings (SSSR count). The van der Waals surface area contributed by atoms with E-state index in [0.717, 1.165) is 22.8 Å². The van der Waals surface area contributed by atoms with E-state index < -0.39 is 39.2 Å². The van der Waals surface area contributed by atoms with Gasteiger partial charge in [-0.05, 0) is 75.9 Å². The van der Waals surface area contributed by atoms with E-state index in [0.29, 0.717) is 37.4 Å². The van der Waals surface area contributed by atoms with Crippen LogP contribution in [0.5, 0.6) is 5.75 Å². The molecule has 0 saturated carbocycles. The van der Waals surface area contributed by atoms with Crippen LogP contribution in [0.3, 0.4) is 0 Å². The van der Waals surface area contributed by atoms with Crippen LogP contribution in [0, 0.1) is 12.9 Å². The first-order valence-corrected chi connectivity index (χ1v) is 19.2. The summed E-state index contributed by atoms with van der Waals surface area (Å²) in [4.78, 5) is 41.2. The standard InChI is InChI=1S/C42H40FN5O6S/c1-27-15-18-32(19-16-27)55(51,52)54-31-23-30-17-21-34(48(30)36(49)24-31)37-38(41(50)53-42(2,3)4)46-40(45-37)33-20-22-35(44-39(33)43)47(25-28-11-7-5-8-12-28)26-29-13-9-6-10-14-29/h5-16,18-20,22-24,34H,17,21,25-26H2,1-4H3,(H,45,46)/t34-/m0/s1. The molecule has 1 aliphatic rings. The number of hydrogen-bond donors (Lipinski definition) is 1. The molecule has 3 aromatic heterocycles. The van der Waals surface area contributed by atoms with E-state index >= 15 is 4.39 Å². The second-order valence-electron chi connectivity index (χ2n) is 14.5. The summed E-state index contributed by atoms with van der Waals surface area (Å²) < 4.78 is 54.7. The number of carbonyl (C=O) groups is 1. The molecule has 4 heterocycles. The Kier molecular flexibility index (Phi) is 10.1. The first kappa shape index (κ1) is 37.2. The number of halogens is 1. The number of imidazole rings is 1. The maximum Gasteiger partial charge on any atom is 0.359 e. The Hall–Kier alpha value is -6.08. The van der Waals surface area contributed by atoms with Crippen molar-refractivity contribution in [3.63, 3.8) is 0 Å². The Labute approximate surface area is 318 Å². The van der Waals surface area contributed by atoms with Gasteiger partial charge in [0.05, 0.1) is 17.3 Å². The SMILES string of the molecule is Cc1ccc(S(=O)(=O)Oc2cc3n(c(=O)c2)[C@H](c2[nH]c(-c4ccc(N(Cc5ccccc5)Cc5ccccc5)nc4F)nc2C(=O)OC(C)(C)C)CC3)cc1. The fraction of sp³-hybridized carbons (Fsp3) is 0.238. The van der Waals surface area contributed by atoms with Crippen molar-refractivity contribution in [2.24, 2.45) is 0 Å². The molecule has 0 radical (unpaired) electrons. The van der Waals surface area contributed by atoms with E-state index in [9.17, 15) is 18.0 Å². The van der Waals surface area contributed by atoms with Crippen LogP contribution in [0.2, 0.25) is 0 Å². The van der Waals surface area contributed by atoms with Crippen LogP contribution in [0.15, 0.2) is 119 Å². The Morgan fingerprint density at radius 3 is 2.15 bits per heavy atom. The minimum atomic E-state index is -4.21. The van der Waals surface area contributed by atoms with Gasteiger partial charge in [-0.3, -0.25) is 4.79 Å². The second-order valence-corrected chi connectivity index (χ2v) is 16.0. The summed E-state index contributed by atoms with van der Waals surface area (Å²) >= 11 is 0. The van der Waals surface area contributed by atoms with Crippen molar-refractivity contribution in [3.05, 3.63) is 159 Å². The zero-order chi connectivity index (χ0) is 38.9. The molecule has 282 valence electrons. The average Bonchev–Trinajstić information content (AvgIpc) is 3.77. The molecule has 1 N–H and O–H groups in total. The number of nitrogens with zero attached hydrogens (tertiary/aromatic N) is 4. The summed E-state index contributed by atoms with van der Waals surface area (Å²) in [6.45, 7) is 7.96. The number of H-pyrrole nitrogens is 1. The van der Waals surface area contributed by atoms with Gasteiger partial charge in [0.2, 0.25) is 5.95 Å². The van der Waals surface area contributed by atoms with E-state index in [1.807, 2.05) is 72.5 Å². The summed E-state index contributed by atoms with van der Waals surface area (Å²) in [5.41, 5.74) is 2.19. The van der Waals surface area contributed by atoms with Crippen LogP contribution >= 0.6 is 0 Å². The molecule has 11 nitrogen and oxygen atoms in total. The third-order valence-corrected chi connectivity index (χ3v) is 10.4. The molecule has 6 aromatic rings. The minimum Gasteiger partial charge on any atom is -0.455 e. The fourth-order valence-electron chi connectivity index (χ4n) is 6.61. The Morgan fingerprint density at radius 2 is 1.55 bits per heavy atom. The van der Waals surface area contributed by atoms with E-state index in [1.165, 1.54) is 22.8 Å². The van der Waals surface area contributed by atoms with Crippen LogP contribution in [0.1, 0.15) is 71.8 Å². The van der Waals surface area contributed by atoms with E-state index in [2.05, 4.69) is 15.0 Å². The number of nitrogens with one attached hydrogen (secondary N) is 1. The molecule has 3 aromatic carbocycles. The van der Waals surface area contributed by atoms with Crippen LogP contribution in [-0.2, 0) is 34.4 Å². The largest absolute Gasteiger partial charge is 0.455 e. The Bertz CT molecular complexity index is 2470. The predicted octanol–water partition coefficient (Wildman–Crippen LogP) is 7.55. The molecule has 0 saturated heterocycles. The highest BCUT2D eigenvalue weighted by atomic mass is 32.2. The van der Waals surface area contributed by atoms with Gasteiger partial charge in [0.15, 0.2) is 5.69 Å². The van der Waals surface area contributed by atoms with Crippen LogP contribution in [0.4, 0.5) is 10.2 Å². The summed E-state index contributed by atoms with van der Waals surface area (Å²) in [5, 5.41) is 0. The third-order valence-electron chi connectivity index (χ3n) is 9.13. The van der Waals surface area contributed by atoms with Gasteiger partial charge in [-0.25, -0.2) is 14.8 Å². The molecule has 13 heteroatoms. The van der Waals surface area contributed by atoms with Gasteiger partial charge < -0.3 is 23.4 Å². The number of rotatable bonds is 11. The highest BCUT2D eigenvalue weighted by molar-refractivity contribution is 7.87. The van der Waals surface area contributed by atoms with E-state index in [-0.39, 0.29) is 33.4 Å². The number of fused-ring (bicyclic) bond motifs is 1. The zero-order valence-corrected chi connectivity index (χ0v) is 31.6. The highest BCUT2D eigenvalue weighted by Gasteiger charge is 2.34. The zero-order valence-electron chi connectivity index (χ0n) is 30.8. The number of ether oxygens (including phenoxy) is 1. The Morgan fingerprint density at radius 1 is 0.909 bits per heavy atom. The van der Waals surface area contributed by atoms with Gasteiger partial charge in [0.1, 0.15) is 27.9 Å². The summed E-state index contributed by atoms with van der Waals surface area (Å²) in [6.07, 6.45) is 0.710. The molecule has 0 spiro atoms. The van der Waals surface area contributed by atoms with Gasteiger partial charge in [-0.2, -0.15) is 12.8 Å². The number of hydrogen-bond acceptors (Lipinski definition) is 9. The van der Waals surface area contributed by atoms with Crippen LogP contribution in [0.25, 0.3) is 11.4 Å². The number of aromatic nitrogens is 4. The van der Waals surface area contributed by atoms with Crippen molar-refractivity contribution in [1.82, 2.24) is 19.5 Å². The summed E-state index contributed by atoms with van der Waals surface area (Å²) in [7, 11) is -4.21. The number of esters is 1. The topological polar surface area (TPSA) is 136 Å². The second kappa shape index (κ2) is 15.0. The molecule has 0 fully saturated rings. The summed E-state index contributed by atoms with van der Waals surface area (Å²) in [5.74, 6) is -1.24. The maximum atomic E-state index is 16.2. The van der Waals surface area contributed by atoms with E-state index in [4.69, 9.17) is 8.92 Å². The van der Waals surface area contributed by atoms with Gasteiger partial charge in [-0.1, -0.05) is 78.4 Å². The normalized spacial score (nSPS) is 14.0. The van der Waals surface area contributed by atoms with Crippen LogP contribution < -0.4 is 14.6 Å². The summed E-state index contributed by atoms with van der Waals surface area (Å²) in [6, 6.07) is 31.0. The lowest BCUT2D eigenvalue weighted by atomic mass is 10.1. The molecular weight excluding hydrogens is 722 g/mol. The lowest BCUT2D eigenvalue weighted by molar-refractivity contribution is 0.00613. The molecular formula is C42H40FN5O6S. The predicted molar refractivity (Wildman–Crippen MR) is 206 cm³/mol. The van der Waals surface area contributed by atoms with E-state index in [1.54, 1.807) is 45.0 Å². The van der Waals surface area contributed by atoms with Crippen molar-refractivity contribution in [2.45, 2.75) is 70.2 Å². The lowest BCUT2D eigenvalue weighted by Crippen LogP contribution is -2.27. The molecule has 0 bridgehead atoms. The van der Waals surface area contributed by atoms with Crippen molar-refractivity contribution in [2.75, 3.05) is 4.90 Å². The number of aromatic amines is 1. The third kappa shape index (κ3) is 8.36. The molecule has 55 heavy (non-hydrogen) atoms. The minimum absolute atomic E-state index is 0.0230. The first-order valence-electron chi connectivity index (χ1n) is 17.8. The highest BCUT2D eigenvalue weighted by Crippen LogP contribution is 2.36. The average molecular weight is 762 g/mol. The first-order chi connectivity index (χ1) is 26.2. The number of aryl methyl sites for hydroxylation is 2. The van der Waals surface area contributed by atoms with Crippen molar-refractivity contribution >= 4 is 21.9 Å². The monoisotopic (exact) mass is 761 g/mol. The lowest BCUT2D eigenvalue weighted by Gasteiger charge is -2.24. The fourth-order valence-corrected chi connectivity index (χ4v) is 7.53. The quantitative estimate of drug-likeness (QED) is 0.0807. The van der Waals surface area contributed by atoms with Crippen molar-refractivity contribution < 1.29 is 26.5 Å². The van der Waals surface area contributed by atoms with Crippen LogP contribution in [-0.4, -0.2) is 39.5 Å².